The number of thiazole rings is 1. The fourth-order valence-electron chi connectivity index (χ4n) is 1.39. The number of nitrogens with zero attached hydrogens (tertiary/aromatic N) is 2. The summed E-state index contributed by atoms with van der Waals surface area (Å²) in [5.74, 6) is -0.349. The lowest BCUT2D eigenvalue weighted by atomic mass is 10.2. The topological polar surface area (TPSA) is 94.5 Å². The van der Waals surface area contributed by atoms with E-state index in [2.05, 4.69) is 4.98 Å². The van der Waals surface area contributed by atoms with Gasteiger partial charge in [0.2, 0.25) is 5.91 Å². The van der Waals surface area contributed by atoms with Crippen LogP contribution >= 0.6 is 11.3 Å². The molecular weight excluding hydrogens is 240 g/mol. The Morgan fingerprint density at radius 3 is 2.88 bits per heavy atom. The van der Waals surface area contributed by atoms with Crippen LogP contribution in [0.15, 0.2) is 6.20 Å². The van der Waals surface area contributed by atoms with E-state index in [0.717, 1.165) is 4.88 Å². The molecule has 1 unspecified atom stereocenters. The van der Waals surface area contributed by atoms with Gasteiger partial charge < -0.3 is 16.2 Å². The highest BCUT2D eigenvalue weighted by Crippen LogP contribution is 2.17. The van der Waals surface area contributed by atoms with Crippen LogP contribution in [-0.4, -0.2) is 42.1 Å². The Bertz CT molecular complexity index is 369. The van der Waals surface area contributed by atoms with Crippen LogP contribution in [-0.2, 0) is 16.1 Å². The first-order valence-corrected chi connectivity index (χ1v) is 6.08. The minimum Gasteiger partial charge on any atom is -0.383 e. The predicted molar refractivity (Wildman–Crippen MR) is 67.5 cm³/mol. The number of hydrogen-bond acceptors (Lipinski definition) is 6. The summed E-state index contributed by atoms with van der Waals surface area (Å²) in [5.41, 5.74) is 10.9. The normalized spacial score (nSPS) is 12.9. The maximum Gasteiger partial charge on any atom is 0.234 e. The van der Waals surface area contributed by atoms with Gasteiger partial charge in [0.15, 0.2) is 5.13 Å². The van der Waals surface area contributed by atoms with Gasteiger partial charge in [-0.05, 0) is 6.92 Å². The summed E-state index contributed by atoms with van der Waals surface area (Å²) in [5, 5.41) is 0.526. The van der Waals surface area contributed by atoms with Gasteiger partial charge in [-0.2, -0.15) is 0 Å². The highest BCUT2D eigenvalue weighted by Gasteiger charge is 2.19. The lowest BCUT2D eigenvalue weighted by Gasteiger charge is -2.25. The van der Waals surface area contributed by atoms with Crippen molar-refractivity contribution in [2.45, 2.75) is 19.5 Å². The molecule has 0 aliphatic rings. The lowest BCUT2D eigenvalue weighted by molar-refractivity contribution is -0.123. The number of amides is 1. The van der Waals surface area contributed by atoms with E-state index in [-0.39, 0.29) is 11.9 Å². The number of carbonyl (C=O) groups is 1. The zero-order valence-corrected chi connectivity index (χ0v) is 10.9. The highest BCUT2D eigenvalue weighted by atomic mass is 32.1. The van der Waals surface area contributed by atoms with Crippen molar-refractivity contribution in [2.24, 2.45) is 5.73 Å². The number of methoxy groups -OCH3 is 1. The number of anilines is 1. The molecule has 1 atom stereocenters. The third-order valence-electron chi connectivity index (χ3n) is 2.47. The van der Waals surface area contributed by atoms with Crippen LogP contribution in [0.25, 0.3) is 0 Å². The smallest absolute Gasteiger partial charge is 0.234 e. The zero-order valence-electron chi connectivity index (χ0n) is 10.0. The molecule has 0 fully saturated rings. The van der Waals surface area contributed by atoms with Crippen molar-refractivity contribution in [3.05, 3.63) is 11.1 Å². The summed E-state index contributed by atoms with van der Waals surface area (Å²) in [6.07, 6.45) is 1.72. The molecule has 1 aromatic rings. The standard InChI is InChI=1S/C10H18N4O2S/c1-7(9(11)15)14(3-4-16-2)6-8-5-13-10(12)17-8/h5,7H,3-4,6H2,1-2H3,(H2,11,15)(H2,12,13). The third kappa shape index (κ3) is 4.29. The molecule has 7 heteroatoms. The predicted octanol–water partition coefficient (Wildman–Crippen LogP) is 0.0475. The van der Waals surface area contributed by atoms with E-state index in [0.29, 0.717) is 24.8 Å². The molecular formula is C10H18N4O2S. The van der Waals surface area contributed by atoms with Crippen molar-refractivity contribution in [2.75, 3.05) is 26.0 Å². The van der Waals surface area contributed by atoms with E-state index in [1.807, 2.05) is 4.90 Å². The molecule has 0 radical (unpaired) electrons. The van der Waals surface area contributed by atoms with E-state index in [9.17, 15) is 4.79 Å². The van der Waals surface area contributed by atoms with Gasteiger partial charge in [0, 0.05) is 31.3 Å². The summed E-state index contributed by atoms with van der Waals surface area (Å²) in [6.45, 7) is 3.56. The SMILES string of the molecule is COCCN(Cc1cnc(N)s1)C(C)C(N)=O. The fraction of sp³-hybridized carbons (Fsp3) is 0.600. The molecule has 0 spiro atoms. The number of carbonyl (C=O) groups excluding carboxylic acids is 1. The van der Waals surface area contributed by atoms with Crippen LogP contribution in [0.4, 0.5) is 5.13 Å². The molecule has 1 rings (SSSR count). The molecule has 0 saturated carbocycles. The summed E-state index contributed by atoms with van der Waals surface area (Å²) in [4.78, 5) is 18.1. The summed E-state index contributed by atoms with van der Waals surface area (Å²) in [6, 6.07) is -0.339. The van der Waals surface area contributed by atoms with Crippen molar-refractivity contribution in [3.8, 4) is 0 Å². The van der Waals surface area contributed by atoms with Gasteiger partial charge in [-0.25, -0.2) is 4.98 Å². The minimum absolute atomic E-state index is 0.339. The molecule has 96 valence electrons. The third-order valence-corrected chi connectivity index (χ3v) is 3.28. The van der Waals surface area contributed by atoms with E-state index < -0.39 is 0 Å². The molecule has 0 aliphatic carbocycles. The Hall–Kier alpha value is -1.18. The molecule has 1 amide bonds. The quantitative estimate of drug-likeness (QED) is 0.720. The molecule has 0 bridgehead atoms. The van der Waals surface area contributed by atoms with E-state index >= 15 is 0 Å². The summed E-state index contributed by atoms with van der Waals surface area (Å²) >= 11 is 1.41. The molecule has 0 aromatic carbocycles. The van der Waals surface area contributed by atoms with Gasteiger partial charge in [-0.3, -0.25) is 9.69 Å². The summed E-state index contributed by atoms with van der Waals surface area (Å²) in [7, 11) is 1.62. The average molecular weight is 258 g/mol. The molecule has 1 heterocycles. The molecule has 6 nitrogen and oxygen atoms in total. The Balaban J connectivity index is 2.65. The number of nitrogens with two attached hydrogens (primary N) is 2. The van der Waals surface area contributed by atoms with E-state index in [1.54, 1.807) is 20.2 Å². The maximum absolute atomic E-state index is 11.2. The molecule has 0 aliphatic heterocycles. The van der Waals surface area contributed by atoms with Crippen LogP contribution in [0.5, 0.6) is 0 Å². The number of hydrogen-bond donors (Lipinski definition) is 2. The molecule has 4 N–H and O–H groups in total. The van der Waals surface area contributed by atoms with Crippen molar-refractivity contribution in [1.82, 2.24) is 9.88 Å². The van der Waals surface area contributed by atoms with Crippen molar-refractivity contribution < 1.29 is 9.53 Å². The van der Waals surface area contributed by atoms with Gasteiger partial charge >= 0.3 is 0 Å². The van der Waals surface area contributed by atoms with Crippen LogP contribution < -0.4 is 11.5 Å². The van der Waals surface area contributed by atoms with Gasteiger partial charge in [0.25, 0.3) is 0 Å². The van der Waals surface area contributed by atoms with Crippen LogP contribution in [0.2, 0.25) is 0 Å². The number of ether oxygens (including phenoxy) is 1. The first-order valence-electron chi connectivity index (χ1n) is 5.27. The van der Waals surface area contributed by atoms with Crippen molar-refractivity contribution in [3.63, 3.8) is 0 Å². The maximum atomic E-state index is 11.2. The Morgan fingerprint density at radius 2 is 2.41 bits per heavy atom. The van der Waals surface area contributed by atoms with Gasteiger partial charge in [0.1, 0.15) is 0 Å². The number of rotatable bonds is 7. The molecule has 0 saturated heterocycles. The Kier molecular flexibility index (Phi) is 5.33. The zero-order chi connectivity index (χ0) is 12.8. The Labute approximate surface area is 105 Å². The first kappa shape index (κ1) is 13.9. The first-order chi connectivity index (χ1) is 8.04. The average Bonchev–Trinajstić information content (AvgIpc) is 2.69. The molecule has 1 aromatic heterocycles. The van der Waals surface area contributed by atoms with Crippen molar-refractivity contribution in [1.29, 1.82) is 0 Å². The summed E-state index contributed by atoms with van der Waals surface area (Å²) < 4.78 is 5.01. The van der Waals surface area contributed by atoms with Crippen LogP contribution in [0.1, 0.15) is 11.8 Å². The minimum atomic E-state index is -0.349. The lowest BCUT2D eigenvalue weighted by Crippen LogP contribution is -2.43. The largest absolute Gasteiger partial charge is 0.383 e. The van der Waals surface area contributed by atoms with Gasteiger partial charge in [-0.1, -0.05) is 0 Å². The molecule has 17 heavy (non-hydrogen) atoms. The monoisotopic (exact) mass is 258 g/mol. The van der Waals surface area contributed by atoms with Gasteiger partial charge in [-0.15, -0.1) is 11.3 Å². The van der Waals surface area contributed by atoms with Crippen molar-refractivity contribution >= 4 is 22.4 Å². The fourth-order valence-corrected chi connectivity index (χ4v) is 2.10. The second-order valence-electron chi connectivity index (χ2n) is 3.71. The second kappa shape index (κ2) is 6.53. The van der Waals surface area contributed by atoms with E-state index in [1.165, 1.54) is 11.3 Å². The number of aromatic nitrogens is 1. The second-order valence-corrected chi connectivity index (χ2v) is 4.85. The Morgan fingerprint density at radius 1 is 1.71 bits per heavy atom. The number of nitrogen functional groups attached to an aromatic ring is 1. The number of primary amides is 1. The van der Waals surface area contributed by atoms with E-state index in [4.69, 9.17) is 16.2 Å². The van der Waals surface area contributed by atoms with Crippen LogP contribution in [0.3, 0.4) is 0 Å². The van der Waals surface area contributed by atoms with Gasteiger partial charge in [0.05, 0.1) is 12.6 Å². The highest BCUT2D eigenvalue weighted by molar-refractivity contribution is 7.15. The van der Waals surface area contributed by atoms with Crippen LogP contribution in [0, 0.1) is 0 Å².